The van der Waals surface area contributed by atoms with E-state index in [2.05, 4.69) is 17.6 Å². The number of fused-ring (bicyclic) bond motifs is 2. The smallest absolute Gasteiger partial charge is 0.326 e. The van der Waals surface area contributed by atoms with Gasteiger partial charge in [0.05, 0.1) is 6.42 Å². The van der Waals surface area contributed by atoms with Crippen LogP contribution in [-0.4, -0.2) is 65.4 Å². The first kappa shape index (κ1) is 31.7. The van der Waals surface area contributed by atoms with Crippen molar-refractivity contribution < 1.29 is 48.3 Å². The molecule has 1 saturated carbocycles. The van der Waals surface area contributed by atoms with Crippen LogP contribution in [0.3, 0.4) is 0 Å². The van der Waals surface area contributed by atoms with Gasteiger partial charge in [0.15, 0.2) is 11.9 Å². The summed E-state index contributed by atoms with van der Waals surface area (Å²) in [6.45, 7) is 9.93. The minimum Gasteiger partial charge on any atom is -0.480 e. The number of rotatable bonds is 12. The Morgan fingerprint density at radius 2 is 1.78 bits per heavy atom. The highest BCUT2D eigenvalue weighted by Crippen LogP contribution is 2.60. The maximum atomic E-state index is 12.7. The number of esters is 1. The fourth-order valence-electron chi connectivity index (χ4n) is 6.90. The predicted molar refractivity (Wildman–Crippen MR) is 143 cm³/mol. The molecule has 1 aliphatic carbocycles. The van der Waals surface area contributed by atoms with E-state index >= 15 is 0 Å². The normalized spacial score (nSPS) is 37.2. The van der Waals surface area contributed by atoms with Crippen molar-refractivity contribution in [2.45, 2.75) is 122 Å². The van der Waals surface area contributed by atoms with E-state index in [1.54, 1.807) is 6.92 Å². The molecule has 5 rings (SSSR count). The van der Waals surface area contributed by atoms with E-state index in [1.807, 2.05) is 20.8 Å². The van der Waals surface area contributed by atoms with Gasteiger partial charge in [-0.25, -0.2) is 14.6 Å². The van der Waals surface area contributed by atoms with Crippen molar-refractivity contribution in [3.8, 4) is 0 Å². The fourth-order valence-corrected chi connectivity index (χ4v) is 6.90. The summed E-state index contributed by atoms with van der Waals surface area (Å²) in [5, 5.41) is 14.5. The molecule has 4 heterocycles. The summed E-state index contributed by atoms with van der Waals surface area (Å²) in [4.78, 5) is 60.4. The number of carboxylic acids is 1. The lowest BCUT2D eigenvalue weighted by molar-refractivity contribution is -0.576. The van der Waals surface area contributed by atoms with Gasteiger partial charge in [-0.2, -0.15) is 0 Å². The number of carbonyl (C=O) groups is 4. The molecular weight excluding hydrogens is 536 g/mol. The Bertz CT molecular complexity index is 993. The number of carboxylic acid groups (broad SMARTS) is 1. The highest BCUT2D eigenvalue weighted by molar-refractivity contribution is 5.84. The Hall–Kier alpha value is -2.28. The highest BCUT2D eigenvalue weighted by Gasteiger charge is 2.69. The van der Waals surface area contributed by atoms with Gasteiger partial charge in [-0.05, 0) is 50.4 Å². The van der Waals surface area contributed by atoms with Gasteiger partial charge in [-0.3, -0.25) is 14.4 Å². The zero-order valence-electron chi connectivity index (χ0n) is 24.8. The Morgan fingerprint density at radius 1 is 1.02 bits per heavy atom. The molecule has 10 atom stereocenters. The first-order valence-electron chi connectivity index (χ1n) is 15.1. The van der Waals surface area contributed by atoms with Gasteiger partial charge in [0.25, 0.3) is 0 Å². The highest BCUT2D eigenvalue weighted by atomic mass is 17.3. The molecule has 5 aliphatic rings. The number of ether oxygens (including phenoxy) is 3. The van der Waals surface area contributed by atoms with Crippen LogP contribution in [0.2, 0.25) is 0 Å². The molecule has 0 radical (unpaired) electrons. The van der Waals surface area contributed by atoms with Gasteiger partial charge in [-0.15, -0.1) is 0 Å². The maximum Gasteiger partial charge on any atom is 0.326 e. The van der Waals surface area contributed by atoms with E-state index < -0.39 is 41.9 Å². The maximum absolute atomic E-state index is 12.7. The monoisotopic (exact) mass is 582 g/mol. The minimum atomic E-state index is -1.07. The molecule has 232 valence electrons. The Balaban J connectivity index is 1.21. The molecule has 12 heteroatoms. The molecular formula is C29H46N2O10. The van der Waals surface area contributed by atoms with Crippen LogP contribution in [0.1, 0.15) is 92.4 Å². The first-order valence-corrected chi connectivity index (χ1v) is 15.1. The van der Waals surface area contributed by atoms with Gasteiger partial charge >= 0.3 is 11.9 Å². The molecule has 2 amide bonds. The second kappa shape index (κ2) is 12.9. The minimum absolute atomic E-state index is 0.0272. The van der Waals surface area contributed by atoms with Gasteiger partial charge in [0.2, 0.25) is 23.9 Å². The lowest BCUT2D eigenvalue weighted by Gasteiger charge is -2.59. The third kappa shape index (κ3) is 6.71. The van der Waals surface area contributed by atoms with Crippen LogP contribution in [0.5, 0.6) is 0 Å². The van der Waals surface area contributed by atoms with E-state index in [1.165, 1.54) is 0 Å². The largest absolute Gasteiger partial charge is 0.480 e. The second-order valence-corrected chi connectivity index (χ2v) is 12.5. The van der Waals surface area contributed by atoms with Crippen molar-refractivity contribution in [2.75, 3.05) is 6.54 Å². The molecule has 4 saturated heterocycles. The van der Waals surface area contributed by atoms with E-state index in [9.17, 15) is 24.3 Å². The van der Waals surface area contributed by atoms with E-state index in [0.717, 1.165) is 19.3 Å². The predicted octanol–water partition coefficient (Wildman–Crippen LogP) is 3.03. The van der Waals surface area contributed by atoms with Gasteiger partial charge in [-0.1, -0.05) is 34.1 Å². The third-order valence-electron chi connectivity index (χ3n) is 9.60. The van der Waals surface area contributed by atoms with Crippen molar-refractivity contribution in [3.63, 3.8) is 0 Å². The lowest BCUT2D eigenvalue weighted by Crippen LogP contribution is -2.70. The number of hydrogen-bond donors (Lipinski definition) is 3. The second-order valence-electron chi connectivity index (χ2n) is 12.5. The lowest BCUT2D eigenvalue weighted by atomic mass is 9.58. The number of nitrogens with one attached hydrogen (secondary N) is 2. The Morgan fingerprint density at radius 3 is 2.49 bits per heavy atom. The van der Waals surface area contributed by atoms with Crippen LogP contribution in [-0.2, 0) is 43.2 Å². The molecule has 0 aromatic heterocycles. The van der Waals surface area contributed by atoms with Crippen molar-refractivity contribution >= 4 is 23.8 Å². The molecule has 4 aliphatic heterocycles. The quantitative estimate of drug-likeness (QED) is 0.177. The molecule has 5 fully saturated rings. The van der Waals surface area contributed by atoms with Crippen molar-refractivity contribution in [1.29, 1.82) is 0 Å². The summed E-state index contributed by atoms with van der Waals surface area (Å²) < 4.78 is 18.3. The molecule has 1 spiro atoms. The van der Waals surface area contributed by atoms with Gasteiger partial charge in [0, 0.05) is 37.6 Å². The van der Waals surface area contributed by atoms with Crippen LogP contribution in [0.15, 0.2) is 0 Å². The molecule has 0 unspecified atom stereocenters. The van der Waals surface area contributed by atoms with Crippen LogP contribution in [0.25, 0.3) is 0 Å². The number of amides is 2. The van der Waals surface area contributed by atoms with Crippen molar-refractivity contribution in [3.05, 3.63) is 0 Å². The van der Waals surface area contributed by atoms with Crippen molar-refractivity contribution in [1.82, 2.24) is 10.6 Å². The van der Waals surface area contributed by atoms with Crippen LogP contribution in [0, 0.1) is 29.6 Å². The average molecular weight is 583 g/mol. The third-order valence-corrected chi connectivity index (χ3v) is 9.60. The number of hydrogen-bond acceptors (Lipinski definition) is 9. The van der Waals surface area contributed by atoms with Gasteiger partial charge < -0.3 is 30.0 Å². The standard InChI is InChI=1S/C29H46N2O10/c1-6-16(2)24(25(35)36)31-22(33)8-7-15-30-21(32)11-12-23(34)37-26-18(4)20-10-9-17(3)19-13-14-28(5)39-27(38-26)29(19,20)41-40-28/h16-20,24,26-27H,6-15H2,1-5H3,(H,30,32)(H,31,33)(H,35,36)/t16-,17+,18-,19-,20+,24+,26+,27-,28+,29-/m0/s1. The van der Waals surface area contributed by atoms with E-state index in [-0.39, 0.29) is 61.3 Å². The first-order chi connectivity index (χ1) is 19.4. The summed E-state index contributed by atoms with van der Waals surface area (Å²) in [5.41, 5.74) is -0.741. The number of aliphatic carboxylic acids is 1. The Labute approximate surface area is 241 Å². The molecule has 2 bridgehead atoms. The number of carbonyl (C=O) groups excluding carboxylic acids is 3. The molecule has 41 heavy (non-hydrogen) atoms. The summed E-state index contributed by atoms with van der Waals surface area (Å²) in [6, 6.07) is -0.939. The Kier molecular flexibility index (Phi) is 9.98. The SMILES string of the molecule is CC[C@H](C)[C@@H](NC(=O)CCCNC(=O)CCC(=O)O[C@@H]1O[C@H]2O[C@@]3(C)CC[C@H]4[C@H](C)CC[C@H]([C@@H]1C)[C@]24OO3)C(=O)O. The molecule has 0 aromatic carbocycles. The molecule has 12 nitrogen and oxygen atoms in total. The summed E-state index contributed by atoms with van der Waals surface area (Å²) in [6.07, 6.45) is 2.84. The zero-order chi connectivity index (χ0) is 29.9. The molecule has 0 aromatic rings. The van der Waals surface area contributed by atoms with Crippen LogP contribution >= 0.6 is 0 Å². The zero-order valence-corrected chi connectivity index (χ0v) is 24.8. The summed E-state index contributed by atoms with van der Waals surface area (Å²) in [7, 11) is 0. The van der Waals surface area contributed by atoms with Crippen molar-refractivity contribution in [2.24, 2.45) is 29.6 Å². The fraction of sp³-hybridized carbons (Fsp3) is 0.862. The summed E-state index contributed by atoms with van der Waals surface area (Å²) >= 11 is 0. The molecule has 3 N–H and O–H groups in total. The summed E-state index contributed by atoms with van der Waals surface area (Å²) in [5.74, 6) is -2.93. The van der Waals surface area contributed by atoms with Crippen LogP contribution in [0.4, 0.5) is 0 Å². The van der Waals surface area contributed by atoms with Gasteiger partial charge in [0.1, 0.15) is 6.04 Å². The average Bonchev–Trinajstić information content (AvgIpc) is 3.16. The van der Waals surface area contributed by atoms with E-state index in [0.29, 0.717) is 25.2 Å². The topological polar surface area (TPSA) is 159 Å². The van der Waals surface area contributed by atoms with Crippen LogP contribution < -0.4 is 10.6 Å². The van der Waals surface area contributed by atoms with E-state index in [4.69, 9.17) is 24.0 Å².